The van der Waals surface area contributed by atoms with Crippen LogP contribution in [0.25, 0.3) is 0 Å². The second kappa shape index (κ2) is 6.93. The molecule has 2 aliphatic rings. The lowest BCUT2D eigenvalue weighted by atomic mass is 9.94. The third kappa shape index (κ3) is 3.51. The van der Waals surface area contributed by atoms with E-state index in [4.69, 9.17) is 10.5 Å². The number of ether oxygens (including phenoxy) is 1. The molecule has 1 aromatic carbocycles. The molecule has 0 saturated carbocycles. The first-order chi connectivity index (χ1) is 11.8. The number of benzene rings is 1. The predicted molar refractivity (Wildman–Crippen MR) is 93.8 cm³/mol. The molecule has 1 aromatic rings. The molecule has 2 N–H and O–H groups in total. The molecular weight excluding hydrogens is 342 g/mol. The van der Waals surface area contributed by atoms with Crippen molar-refractivity contribution in [2.45, 2.75) is 30.7 Å². The van der Waals surface area contributed by atoms with Crippen molar-refractivity contribution in [3.05, 3.63) is 23.8 Å². The monoisotopic (exact) mass is 367 g/mol. The first-order valence-electron chi connectivity index (χ1n) is 8.51. The van der Waals surface area contributed by atoms with E-state index in [0.29, 0.717) is 23.7 Å². The summed E-state index contributed by atoms with van der Waals surface area (Å²) in [5.41, 5.74) is 6.16. The van der Waals surface area contributed by atoms with E-state index in [0.717, 1.165) is 31.5 Å². The number of likely N-dealkylation sites (tertiary alicyclic amines) is 1. The van der Waals surface area contributed by atoms with Crippen LogP contribution in [0.2, 0.25) is 0 Å². The molecular formula is C17H25N3O4S. The molecule has 0 aromatic heterocycles. The summed E-state index contributed by atoms with van der Waals surface area (Å²) in [6, 6.07) is 5.16. The number of carbonyl (C=O) groups excluding carboxylic acids is 1. The van der Waals surface area contributed by atoms with Gasteiger partial charge in [-0.2, -0.15) is 4.31 Å². The fourth-order valence-corrected chi connectivity index (χ4v) is 5.15. The molecule has 0 spiro atoms. The number of piperidine rings is 1. The molecule has 2 fully saturated rings. The Labute approximate surface area is 148 Å². The third-order valence-corrected chi connectivity index (χ3v) is 7.11. The number of rotatable bonds is 5. The van der Waals surface area contributed by atoms with Crippen LogP contribution < -0.4 is 10.5 Å². The highest BCUT2D eigenvalue weighted by Gasteiger charge is 2.41. The van der Waals surface area contributed by atoms with Gasteiger partial charge in [0.1, 0.15) is 5.75 Å². The first kappa shape index (κ1) is 18.2. The van der Waals surface area contributed by atoms with Crippen molar-refractivity contribution in [1.29, 1.82) is 0 Å². The van der Waals surface area contributed by atoms with Gasteiger partial charge in [-0.15, -0.1) is 0 Å². The summed E-state index contributed by atoms with van der Waals surface area (Å²) in [7, 11) is -1.90. The van der Waals surface area contributed by atoms with Crippen LogP contribution in [0, 0.1) is 12.8 Å². The minimum absolute atomic E-state index is 0.0431. The highest BCUT2D eigenvalue weighted by atomic mass is 32.2. The summed E-state index contributed by atoms with van der Waals surface area (Å²) in [6.07, 6.45) is 1.52. The SMILES string of the molecule is COc1ccc(S(=O)(=O)N2CC(N3CCC(C(N)=O)CC3)C2)cc1C. The van der Waals surface area contributed by atoms with Crippen LogP contribution in [0.4, 0.5) is 0 Å². The smallest absolute Gasteiger partial charge is 0.243 e. The number of nitrogens with two attached hydrogens (primary N) is 1. The van der Waals surface area contributed by atoms with Crippen molar-refractivity contribution in [1.82, 2.24) is 9.21 Å². The number of hydrogen-bond donors (Lipinski definition) is 1. The highest BCUT2D eigenvalue weighted by molar-refractivity contribution is 7.89. The van der Waals surface area contributed by atoms with Gasteiger partial charge in [0.05, 0.1) is 12.0 Å². The molecule has 1 amide bonds. The van der Waals surface area contributed by atoms with E-state index in [9.17, 15) is 13.2 Å². The summed E-state index contributed by atoms with van der Waals surface area (Å²) >= 11 is 0. The zero-order valence-electron chi connectivity index (χ0n) is 14.6. The fourth-order valence-electron chi connectivity index (χ4n) is 3.55. The quantitative estimate of drug-likeness (QED) is 0.821. The van der Waals surface area contributed by atoms with Gasteiger partial charge >= 0.3 is 0 Å². The summed E-state index contributed by atoms with van der Waals surface area (Å²) in [6.45, 7) is 4.42. The second-order valence-corrected chi connectivity index (χ2v) is 8.76. The van der Waals surface area contributed by atoms with Gasteiger partial charge in [0.15, 0.2) is 0 Å². The van der Waals surface area contributed by atoms with Gasteiger partial charge in [-0.1, -0.05) is 0 Å². The number of sulfonamides is 1. The molecule has 2 heterocycles. The lowest BCUT2D eigenvalue weighted by Crippen LogP contribution is -2.62. The molecule has 0 bridgehead atoms. The number of carbonyl (C=O) groups is 1. The van der Waals surface area contributed by atoms with Crippen LogP contribution in [0.5, 0.6) is 5.75 Å². The Bertz CT molecular complexity index is 751. The van der Waals surface area contributed by atoms with E-state index in [1.54, 1.807) is 25.3 Å². The van der Waals surface area contributed by atoms with E-state index >= 15 is 0 Å². The Morgan fingerprint density at radius 3 is 2.40 bits per heavy atom. The second-order valence-electron chi connectivity index (χ2n) is 6.82. The lowest BCUT2D eigenvalue weighted by Gasteiger charge is -2.46. The van der Waals surface area contributed by atoms with E-state index in [1.807, 2.05) is 6.92 Å². The molecule has 0 unspecified atom stereocenters. The summed E-state index contributed by atoms with van der Waals surface area (Å²) in [5, 5.41) is 0. The number of nitrogens with zero attached hydrogens (tertiary/aromatic N) is 2. The van der Waals surface area contributed by atoms with E-state index in [1.165, 1.54) is 4.31 Å². The molecule has 0 atom stereocenters. The van der Waals surface area contributed by atoms with Gasteiger partial charge in [0, 0.05) is 25.0 Å². The molecule has 138 valence electrons. The Kier molecular flexibility index (Phi) is 5.04. The standard InChI is InChI=1S/C17H25N3O4S/c1-12-9-15(3-4-16(12)24-2)25(22,23)20-10-14(11-20)19-7-5-13(6-8-19)17(18)21/h3-4,9,13-14H,5-8,10-11H2,1-2H3,(H2,18,21). The number of amides is 1. The Morgan fingerprint density at radius 1 is 1.24 bits per heavy atom. The molecule has 0 radical (unpaired) electrons. The Balaban J connectivity index is 1.60. The van der Waals surface area contributed by atoms with Crippen LogP contribution >= 0.6 is 0 Å². The van der Waals surface area contributed by atoms with Gasteiger partial charge in [-0.25, -0.2) is 8.42 Å². The largest absolute Gasteiger partial charge is 0.496 e. The van der Waals surface area contributed by atoms with Crippen molar-refractivity contribution in [3.63, 3.8) is 0 Å². The van der Waals surface area contributed by atoms with Crippen molar-refractivity contribution in [2.75, 3.05) is 33.3 Å². The number of aryl methyl sites for hydroxylation is 1. The molecule has 8 heteroatoms. The van der Waals surface area contributed by atoms with Crippen molar-refractivity contribution >= 4 is 15.9 Å². The molecule has 2 aliphatic heterocycles. The third-order valence-electron chi connectivity index (χ3n) is 5.28. The van der Waals surface area contributed by atoms with E-state index < -0.39 is 10.0 Å². The van der Waals surface area contributed by atoms with Crippen molar-refractivity contribution < 1.29 is 17.9 Å². The molecule has 0 aliphatic carbocycles. The zero-order chi connectivity index (χ0) is 18.2. The van der Waals surface area contributed by atoms with Crippen LogP contribution in [0.3, 0.4) is 0 Å². The van der Waals surface area contributed by atoms with E-state index in [2.05, 4.69) is 4.90 Å². The van der Waals surface area contributed by atoms with E-state index in [-0.39, 0.29) is 17.9 Å². The maximum absolute atomic E-state index is 12.7. The molecule has 3 rings (SSSR count). The van der Waals surface area contributed by atoms with Gasteiger partial charge in [-0.3, -0.25) is 9.69 Å². The lowest BCUT2D eigenvalue weighted by molar-refractivity contribution is -0.123. The average Bonchev–Trinajstić information content (AvgIpc) is 2.53. The summed E-state index contributed by atoms with van der Waals surface area (Å²) in [5.74, 6) is 0.406. The maximum Gasteiger partial charge on any atom is 0.243 e. The normalized spacial score (nSPS) is 21.0. The molecule has 25 heavy (non-hydrogen) atoms. The number of hydrogen-bond acceptors (Lipinski definition) is 5. The molecule has 2 saturated heterocycles. The highest BCUT2D eigenvalue weighted by Crippen LogP contribution is 2.29. The Hall–Kier alpha value is -1.64. The van der Waals surface area contributed by atoms with Crippen LogP contribution in [-0.2, 0) is 14.8 Å². The minimum atomic E-state index is -3.47. The van der Waals surface area contributed by atoms with Crippen LogP contribution in [0.1, 0.15) is 18.4 Å². The zero-order valence-corrected chi connectivity index (χ0v) is 15.5. The van der Waals surface area contributed by atoms with Crippen LogP contribution in [-0.4, -0.2) is 62.9 Å². The maximum atomic E-state index is 12.7. The van der Waals surface area contributed by atoms with Crippen LogP contribution in [0.15, 0.2) is 23.1 Å². The molecule has 7 nitrogen and oxygen atoms in total. The van der Waals surface area contributed by atoms with Gasteiger partial charge in [-0.05, 0) is 56.6 Å². The fraction of sp³-hybridized carbons (Fsp3) is 0.588. The minimum Gasteiger partial charge on any atom is -0.496 e. The predicted octanol–water partition coefficient (Wildman–Crippen LogP) is 0.574. The average molecular weight is 367 g/mol. The van der Waals surface area contributed by atoms with Gasteiger partial charge < -0.3 is 10.5 Å². The first-order valence-corrected chi connectivity index (χ1v) is 9.95. The van der Waals surface area contributed by atoms with Crippen molar-refractivity contribution in [3.8, 4) is 5.75 Å². The van der Waals surface area contributed by atoms with Crippen molar-refractivity contribution in [2.24, 2.45) is 11.7 Å². The number of methoxy groups -OCH3 is 1. The number of primary amides is 1. The summed E-state index contributed by atoms with van der Waals surface area (Å²) in [4.78, 5) is 13.8. The topological polar surface area (TPSA) is 92.9 Å². The summed E-state index contributed by atoms with van der Waals surface area (Å²) < 4.78 is 32.2. The van der Waals surface area contributed by atoms with Gasteiger partial charge in [0.25, 0.3) is 0 Å². The van der Waals surface area contributed by atoms with Gasteiger partial charge in [0.2, 0.25) is 15.9 Å². The Morgan fingerprint density at radius 2 is 1.88 bits per heavy atom.